The van der Waals surface area contributed by atoms with Crippen molar-refractivity contribution < 1.29 is 14.2 Å². The molecule has 170 valence electrons. The molecule has 1 unspecified atom stereocenters. The Bertz CT molecular complexity index is 814. The topological polar surface area (TPSA) is 67.4 Å². The second kappa shape index (κ2) is 13.4. The van der Waals surface area contributed by atoms with Gasteiger partial charge in [-0.05, 0) is 24.6 Å². The Hall–Kier alpha value is -2.04. The number of ether oxygens (including phenoxy) is 3. The number of hydrogen-bond acceptors (Lipinski definition) is 5. The number of nitrogens with zero attached hydrogens (tertiary/aromatic N) is 2. The third-order valence-electron chi connectivity index (χ3n) is 5.08. The number of anilines is 1. The molecule has 2 N–H and O–H groups in total. The summed E-state index contributed by atoms with van der Waals surface area (Å²) in [6.07, 6.45) is 0. The molecule has 3 rings (SSSR count). The van der Waals surface area contributed by atoms with E-state index in [2.05, 4.69) is 46.7 Å². The van der Waals surface area contributed by atoms with Crippen molar-refractivity contribution in [2.24, 2.45) is 4.99 Å². The van der Waals surface area contributed by atoms with Crippen LogP contribution in [0.1, 0.15) is 18.5 Å². The molecule has 31 heavy (non-hydrogen) atoms. The van der Waals surface area contributed by atoms with Crippen LogP contribution in [0.3, 0.4) is 0 Å². The van der Waals surface area contributed by atoms with Gasteiger partial charge in [-0.2, -0.15) is 0 Å². The second-order valence-electron chi connectivity index (χ2n) is 6.99. The van der Waals surface area contributed by atoms with Crippen molar-refractivity contribution in [3.05, 3.63) is 54.1 Å². The highest BCUT2D eigenvalue weighted by atomic mass is 127. The average molecular weight is 540 g/mol. The van der Waals surface area contributed by atoms with Crippen LogP contribution in [0.2, 0.25) is 0 Å². The molecule has 1 heterocycles. The summed E-state index contributed by atoms with van der Waals surface area (Å²) in [5.41, 5.74) is 2.15. The zero-order valence-electron chi connectivity index (χ0n) is 18.5. The minimum atomic E-state index is 0. The standard InChI is InChI=1S/C23H32N4O3.HI/c1-4-24-23(26-19-10-11-21(28-2)22(16-19)29-3)25-17-20(18-8-6-5-7-9-18)27-12-14-30-15-13-27;/h5-11,16,20H,4,12-15,17H2,1-3H3,(H2,24,25,26);1H. The van der Waals surface area contributed by atoms with E-state index in [0.29, 0.717) is 18.0 Å². The maximum absolute atomic E-state index is 5.55. The fraction of sp³-hybridized carbons (Fsp3) is 0.435. The van der Waals surface area contributed by atoms with Gasteiger partial charge in [0.05, 0.1) is 40.0 Å². The Labute approximate surface area is 202 Å². The zero-order chi connectivity index (χ0) is 21.2. The van der Waals surface area contributed by atoms with E-state index >= 15 is 0 Å². The largest absolute Gasteiger partial charge is 0.493 e. The fourth-order valence-corrected chi connectivity index (χ4v) is 3.53. The first-order valence-electron chi connectivity index (χ1n) is 10.4. The maximum Gasteiger partial charge on any atom is 0.195 e. The van der Waals surface area contributed by atoms with Crippen LogP contribution in [-0.4, -0.2) is 64.5 Å². The van der Waals surface area contributed by atoms with E-state index in [4.69, 9.17) is 19.2 Å². The molecule has 1 aliphatic heterocycles. The number of guanidine groups is 1. The maximum atomic E-state index is 5.55. The highest BCUT2D eigenvalue weighted by molar-refractivity contribution is 14.0. The van der Waals surface area contributed by atoms with E-state index in [0.717, 1.165) is 44.5 Å². The zero-order valence-corrected chi connectivity index (χ0v) is 20.8. The number of hydrogen-bond donors (Lipinski definition) is 2. The molecule has 1 atom stereocenters. The van der Waals surface area contributed by atoms with Crippen molar-refractivity contribution in [1.82, 2.24) is 10.2 Å². The van der Waals surface area contributed by atoms with E-state index in [1.165, 1.54) is 5.56 Å². The van der Waals surface area contributed by atoms with Crippen molar-refractivity contribution >= 4 is 35.6 Å². The molecule has 1 fully saturated rings. The molecule has 8 heteroatoms. The van der Waals surface area contributed by atoms with Gasteiger partial charge in [-0.1, -0.05) is 30.3 Å². The molecule has 0 amide bonds. The van der Waals surface area contributed by atoms with Crippen molar-refractivity contribution in [3.8, 4) is 11.5 Å². The first-order valence-corrected chi connectivity index (χ1v) is 10.4. The quantitative estimate of drug-likeness (QED) is 0.302. The molecular weight excluding hydrogens is 507 g/mol. The number of aliphatic imine (C=N–C) groups is 1. The monoisotopic (exact) mass is 540 g/mol. The molecule has 0 aliphatic carbocycles. The molecule has 0 bridgehead atoms. The van der Waals surface area contributed by atoms with Crippen molar-refractivity contribution in [2.75, 3.05) is 58.9 Å². The lowest BCUT2D eigenvalue weighted by molar-refractivity contribution is 0.0180. The van der Waals surface area contributed by atoms with Gasteiger partial charge in [0.25, 0.3) is 0 Å². The van der Waals surface area contributed by atoms with Gasteiger partial charge in [0, 0.05) is 31.4 Å². The molecule has 0 radical (unpaired) electrons. The van der Waals surface area contributed by atoms with Gasteiger partial charge in [-0.15, -0.1) is 24.0 Å². The van der Waals surface area contributed by atoms with Gasteiger partial charge in [-0.25, -0.2) is 0 Å². The lowest BCUT2D eigenvalue weighted by Gasteiger charge is -2.34. The van der Waals surface area contributed by atoms with Crippen LogP contribution in [0.25, 0.3) is 0 Å². The molecule has 1 aliphatic rings. The smallest absolute Gasteiger partial charge is 0.195 e. The van der Waals surface area contributed by atoms with E-state index < -0.39 is 0 Å². The van der Waals surface area contributed by atoms with E-state index in [-0.39, 0.29) is 30.0 Å². The summed E-state index contributed by atoms with van der Waals surface area (Å²) in [5, 5.41) is 6.71. The van der Waals surface area contributed by atoms with Crippen LogP contribution in [0.4, 0.5) is 5.69 Å². The summed E-state index contributed by atoms with van der Waals surface area (Å²) in [6, 6.07) is 16.5. The Kier molecular flexibility index (Phi) is 10.9. The van der Waals surface area contributed by atoms with Crippen LogP contribution >= 0.6 is 24.0 Å². The van der Waals surface area contributed by atoms with Crippen LogP contribution in [0.5, 0.6) is 11.5 Å². The number of rotatable bonds is 8. The molecule has 7 nitrogen and oxygen atoms in total. The molecule has 0 spiro atoms. The SMILES string of the molecule is CCNC(=NCC(c1ccccc1)N1CCOCC1)Nc1ccc(OC)c(OC)c1.I. The average Bonchev–Trinajstić information content (AvgIpc) is 2.80. The van der Waals surface area contributed by atoms with Gasteiger partial charge >= 0.3 is 0 Å². The van der Waals surface area contributed by atoms with Gasteiger partial charge < -0.3 is 24.8 Å². The lowest BCUT2D eigenvalue weighted by Crippen LogP contribution is -2.40. The first kappa shape index (κ1) is 25.2. The number of halogens is 1. The molecule has 2 aromatic carbocycles. The molecule has 0 saturated carbocycles. The fourth-order valence-electron chi connectivity index (χ4n) is 3.53. The van der Waals surface area contributed by atoms with Crippen LogP contribution in [0, 0.1) is 0 Å². The number of methoxy groups -OCH3 is 2. The Balaban J connectivity index is 0.00000341. The summed E-state index contributed by atoms with van der Waals surface area (Å²) in [5.74, 6) is 2.11. The van der Waals surface area contributed by atoms with Crippen LogP contribution in [0.15, 0.2) is 53.5 Å². The highest BCUT2D eigenvalue weighted by Gasteiger charge is 2.22. The Morgan fingerprint density at radius 1 is 1.06 bits per heavy atom. The highest BCUT2D eigenvalue weighted by Crippen LogP contribution is 2.29. The summed E-state index contributed by atoms with van der Waals surface area (Å²) in [6.45, 7) is 6.82. The second-order valence-corrected chi connectivity index (χ2v) is 6.99. The summed E-state index contributed by atoms with van der Waals surface area (Å²) >= 11 is 0. The number of nitrogens with one attached hydrogen (secondary N) is 2. The molecule has 0 aromatic heterocycles. The van der Waals surface area contributed by atoms with Gasteiger partial charge in [0.1, 0.15) is 0 Å². The minimum Gasteiger partial charge on any atom is -0.493 e. The Morgan fingerprint density at radius 2 is 1.77 bits per heavy atom. The number of benzene rings is 2. The van der Waals surface area contributed by atoms with Gasteiger partial charge in [-0.3, -0.25) is 9.89 Å². The number of morpholine rings is 1. The summed E-state index contributed by atoms with van der Waals surface area (Å²) in [7, 11) is 3.26. The van der Waals surface area contributed by atoms with Crippen LogP contribution < -0.4 is 20.1 Å². The summed E-state index contributed by atoms with van der Waals surface area (Å²) in [4.78, 5) is 7.35. The predicted molar refractivity (Wildman–Crippen MR) is 136 cm³/mol. The van der Waals surface area contributed by atoms with Crippen molar-refractivity contribution in [2.45, 2.75) is 13.0 Å². The van der Waals surface area contributed by atoms with E-state index in [1.54, 1.807) is 14.2 Å². The minimum absolute atomic E-state index is 0. The van der Waals surface area contributed by atoms with Gasteiger partial charge in [0.15, 0.2) is 17.5 Å². The third kappa shape index (κ3) is 7.26. The summed E-state index contributed by atoms with van der Waals surface area (Å²) < 4.78 is 16.3. The molecular formula is C23H33IN4O3. The normalized spacial score (nSPS) is 15.5. The van der Waals surface area contributed by atoms with Crippen LogP contribution in [-0.2, 0) is 4.74 Å². The van der Waals surface area contributed by atoms with Gasteiger partial charge in [0.2, 0.25) is 0 Å². The third-order valence-corrected chi connectivity index (χ3v) is 5.08. The lowest BCUT2D eigenvalue weighted by atomic mass is 10.1. The first-order chi connectivity index (χ1) is 14.7. The van der Waals surface area contributed by atoms with Crippen molar-refractivity contribution in [3.63, 3.8) is 0 Å². The van der Waals surface area contributed by atoms with E-state index in [9.17, 15) is 0 Å². The Morgan fingerprint density at radius 3 is 2.42 bits per heavy atom. The van der Waals surface area contributed by atoms with E-state index in [1.807, 2.05) is 24.3 Å². The molecule has 2 aromatic rings. The predicted octanol–water partition coefficient (Wildman–Crippen LogP) is 3.77. The van der Waals surface area contributed by atoms with Crippen molar-refractivity contribution in [1.29, 1.82) is 0 Å². The molecule has 1 saturated heterocycles.